The Hall–Kier alpha value is -0.580. The molecule has 1 aromatic heterocycles. The number of rotatable bonds is 2. The second kappa shape index (κ2) is 5.38. The smallest absolute Gasteiger partial charge is 0.222 e. The van der Waals surface area contributed by atoms with Crippen LogP contribution in [0.1, 0.15) is 5.56 Å². The van der Waals surface area contributed by atoms with Crippen molar-refractivity contribution >= 4 is 43.5 Å². The lowest BCUT2D eigenvalue weighted by atomic mass is 10.3. The molecule has 2 aromatic rings. The molecule has 0 aliphatic rings. The highest BCUT2D eigenvalue weighted by molar-refractivity contribution is 9.10. The fourth-order valence-electron chi connectivity index (χ4n) is 1.29. The van der Waals surface area contributed by atoms with Crippen LogP contribution in [-0.2, 0) is 0 Å². The van der Waals surface area contributed by atoms with Gasteiger partial charge < -0.3 is 4.74 Å². The first-order valence-electron chi connectivity index (χ1n) is 4.81. The number of aromatic nitrogens is 1. The van der Waals surface area contributed by atoms with Gasteiger partial charge in [-0.3, -0.25) is 0 Å². The fourth-order valence-corrected chi connectivity index (χ4v) is 2.24. The standard InChI is InChI=1S/C12H8Br2ClNO/c1-7-4-9(14)6-16-12(7)17-11-5-8(13)2-3-10(11)15/h2-6H,1H3. The zero-order valence-electron chi connectivity index (χ0n) is 8.88. The maximum Gasteiger partial charge on any atom is 0.222 e. The van der Waals surface area contributed by atoms with E-state index in [9.17, 15) is 0 Å². The third-order valence-corrected chi connectivity index (χ3v) is 3.34. The Morgan fingerprint density at radius 3 is 2.65 bits per heavy atom. The summed E-state index contributed by atoms with van der Waals surface area (Å²) in [5.41, 5.74) is 0.940. The number of benzene rings is 1. The minimum atomic E-state index is 0.549. The number of pyridine rings is 1. The normalized spacial score (nSPS) is 10.4. The number of ether oxygens (including phenoxy) is 1. The predicted molar refractivity (Wildman–Crippen MR) is 75.9 cm³/mol. The third kappa shape index (κ3) is 3.21. The van der Waals surface area contributed by atoms with Crippen LogP contribution in [0.15, 0.2) is 39.4 Å². The number of aryl methyl sites for hydroxylation is 1. The van der Waals surface area contributed by atoms with Crippen molar-refractivity contribution in [3.8, 4) is 11.6 Å². The van der Waals surface area contributed by atoms with E-state index in [-0.39, 0.29) is 0 Å². The van der Waals surface area contributed by atoms with Crippen molar-refractivity contribution in [1.29, 1.82) is 0 Å². The summed E-state index contributed by atoms with van der Waals surface area (Å²) in [5.74, 6) is 1.13. The Kier molecular flexibility index (Phi) is 4.07. The van der Waals surface area contributed by atoms with Gasteiger partial charge in [0, 0.05) is 20.7 Å². The number of hydrogen-bond acceptors (Lipinski definition) is 2. The van der Waals surface area contributed by atoms with E-state index in [1.165, 1.54) is 0 Å². The van der Waals surface area contributed by atoms with Crippen LogP contribution in [-0.4, -0.2) is 4.98 Å². The molecule has 0 aliphatic heterocycles. The molecule has 88 valence electrons. The van der Waals surface area contributed by atoms with Gasteiger partial charge in [0.25, 0.3) is 0 Å². The van der Waals surface area contributed by atoms with E-state index in [0.29, 0.717) is 16.7 Å². The average Bonchev–Trinajstić information content (AvgIpc) is 2.27. The van der Waals surface area contributed by atoms with E-state index in [2.05, 4.69) is 36.8 Å². The molecular weight excluding hydrogens is 369 g/mol. The van der Waals surface area contributed by atoms with Gasteiger partial charge in [-0.05, 0) is 47.1 Å². The maximum absolute atomic E-state index is 6.05. The summed E-state index contributed by atoms with van der Waals surface area (Å²) in [6.07, 6.45) is 1.69. The number of halogens is 3. The number of hydrogen-bond donors (Lipinski definition) is 0. The lowest BCUT2D eigenvalue weighted by Crippen LogP contribution is -1.91. The summed E-state index contributed by atoms with van der Waals surface area (Å²) in [6, 6.07) is 7.38. The summed E-state index contributed by atoms with van der Waals surface area (Å²) in [5, 5.41) is 0.553. The first kappa shape index (κ1) is 12.9. The molecule has 0 atom stereocenters. The zero-order chi connectivity index (χ0) is 12.4. The Morgan fingerprint density at radius 1 is 1.18 bits per heavy atom. The van der Waals surface area contributed by atoms with Gasteiger partial charge in [-0.15, -0.1) is 0 Å². The summed E-state index contributed by atoms with van der Waals surface area (Å²) >= 11 is 12.8. The molecule has 17 heavy (non-hydrogen) atoms. The van der Waals surface area contributed by atoms with Crippen LogP contribution in [0.2, 0.25) is 5.02 Å². The highest BCUT2D eigenvalue weighted by Crippen LogP contribution is 2.32. The Morgan fingerprint density at radius 2 is 1.94 bits per heavy atom. The van der Waals surface area contributed by atoms with Crippen LogP contribution in [0, 0.1) is 6.92 Å². The van der Waals surface area contributed by atoms with Gasteiger partial charge in [-0.25, -0.2) is 4.98 Å². The largest absolute Gasteiger partial charge is 0.437 e. The SMILES string of the molecule is Cc1cc(Br)cnc1Oc1cc(Br)ccc1Cl. The van der Waals surface area contributed by atoms with Crippen molar-refractivity contribution in [2.24, 2.45) is 0 Å². The van der Waals surface area contributed by atoms with Crippen molar-refractivity contribution in [3.05, 3.63) is 50.0 Å². The van der Waals surface area contributed by atoms with Crippen molar-refractivity contribution in [2.75, 3.05) is 0 Å². The molecule has 0 saturated heterocycles. The fraction of sp³-hybridized carbons (Fsp3) is 0.0833. The lowest BCUT2D eigenvalue weighted by molar-refractivity contribution is 0.458. The molecule has 1 heterocycles. The first-order chi connectivity index (χ1) is 8.06. The molecule has 0 N–H and O–H groups in total. The molecule has 0 aliphatic carbocycles. The quantitative estimate of drug-likeness (QED) is 0.703. The molecule has 0 unspecified atom stereocenters. The summed E-state index contributed by atoms with van der Waals surface area (Å²) in [4.78, 5) is 4.20. The number of nitrogens with zero attached hydrogens (tertiary/aromatic N) is 1. The Bertz CT molecular complexity index is 560. The molecule has 0 spiro atoms. The second-order valence-corrected chi connectivity index (χ2v) is 5.69. The van der Waals surface area contributed by atoms with Crippen LogP contribution in [0.3, 0.4) is 0 Å². The second-order valence-electron chi connectivity index (χ2n) is 3.45. The van der Waals surface area contributed by atoms with Gasteiger partial charge in [0.15, 0.2) is 0 Å². The van der Waals surface area contributed by atoms with Gasteiger partial charge in [0.2, 0.25) is 5.88 Å². The van der Waals surface area contributed by atoms with E-state index in [0.717, 1.165) is 14.5 Å². The van der Waals surface area contributed by atoms with Gasteiger partial charge >= 0.3 is 0 Å². The summed E-state index contributed by atoms with van der Waals surface area (Å²) in [7, 11) is 0. The molecule has 0 amide bonds. The van der Waals surface area contributed by atoms with Crippen LogP contribution < -0.4 is 4.74 Å². The first-order valence-corrected chi connectivity index (χ1v) is 6.78. The average molecular weight is 377 g/mol. The van der Waals surface area contributed by atoms with Crippen LogP contribution in [0.25, 0.3) is 0 Å². The van der Waals surface area contributed by atoms with Crippen LogP contribution in [0.4, 0.5) is 0 Å². The van der Waals surface area contributed by atoms with E-state index in [1.807, 2.05) is 25.1 Å². The molecule has 5 heteroatoms. The molecule has 2 nitrogen and oxygen atoms in total. The topological polar surface area (TPSA) is 22.1 Å². The highest BCUT2D eigenvalue weighted by atomic mass is 79.9. The van der Waals surface area contributed by atoms with Crippen LogP contribution >= 0.6 is 43.5 Å². The molecule has 0 radical (unpaired) electrons. The molecule has 1 aromatic carbocycles. The van der Waals surface area contributed by atoms with Gasteiger partial charge in [-0.1, -0.05) is 27.5 Å². The Labute approximate surface area is 121 Å². The minimum absolute atomic E-state index is 0.549. The molecular formula is C12H8Br2ClNO. The van der Waals surface area contributed by atoms with Crippen LogP contribution in [0.5, 0.6) is 11.6 Å². The zero-order valence-corrected chi connectivity index (χ0v) is 12.8. The van der Waals surface area contributed by atoms with Gasteiger partial charge in [0.05, 0.1) is 5.02 Å². The predicted octanol–water partition coefficient (Wildman–Crippen LogP) is 5.36. The van der Waals surface area contributed by atoms with Crippen molar-refractivity contribution in [1.82, 2.24) is 4.98 Å². The lowest BCUT2D eigenvalue weighted by Gasteiger charge is -2.09. The molecule has 2 rings (SSSR count). The van der Waals surface area contributed by atoms with Gasteiger partial charge in [0.1, 0.15) is 5.75 Å². The minimum Gasteiger partial charge on any atom is -0.437 e. The molecule has 0 fully saturated rings. The van der Waals surface area contributed by atoms with E-state index < -0.39 is 0 Å². The monoisotopic (exact) mass is 375 g/mol. The van der Waals surface area contributed by atoms with Gasteiger partial charge in [-0.2, -0.15) is 0 Å². The highest BCUT2D eigenvalue weighted by Gasteiger charge is 2.07. The molecule has 0 bridgehead atoms. The van der Waals surface area contributed by atoms with Crippen molar-refractivity contribution < 1.29 is 4.74 Å². The summed E-state index contributed by atoms with van der Waals surface area (Å²) < 4.78 is 7.51. The third-order valence-electron chi connectivity index (χ3n) is 2.10. The van der Waals surface area contributed by atoms with E-state index in [1.54, 1.807) is 12.3 Å². The molecule has 0 saturated carbocycles. The maximum atomic E-state index is 6.05. The van der Waals surface area contributed by atoms with Crippen molar-refractivity contribution in [3.63, 3.8) is 0 Å². The van der Waals surface area contributed by atoms with E-state index in [4.69, 9.17) is 16.3 Å². The Balaban J connectivity index is 2.34. The van der Waals surface area contributed by atoms with Crippen molar-refractivity contribution in [2.45, 2.75) is 6.92 Å². The summed E-state index contributed by atoms with van der Waals surface area (Å²) in [6.45, 7) is 1.93. The van der Waals surface area contributed by atoms with E-state index >= 15 is 0 Å².